The Morgan fingerprint density at radius 1 is 1.13 bits per heavy atom. The minimum atomic E-state index is 0.0700. The molecule has 3 rings (SSSR count). The Hall–Kier alpha value is -1.83. The summed E-state index contributed by atoms with van der Waals surface area (Å²) in [6.45, 7) is 2.05. The van der Waals surface area contributed by atoms with E-state index in [4.69, 9.17) is 0 Å². The van der Waals surface area contributed by atoms with Gasteiger partial charge in [0.05, 0.1) is 5.69 Å². The predicted molar refractivity (Wildman–Crippen MR) is 59.6 cm³/mol. The molecule has 74 valence electrons. The Balaban J connectivity index is 2.42. The molecule has 1 aliphatic rings. The maximum absolute atomic E-state index is 11.8. The highest BCUT2D eigenvalue weighted by Gasteiger charge is 2.19. The maximum atomic E-state index is 11.8. The van der Waals surface area contributed by atoms with Crippen LogP contribution in [0.2, 0.25) is 0 Å². The fourth-order valence-electron chi connectivity index (χ4n) is 2.22. The zero-order valence-electron chi connectivity index (χ0n) is 8.53. The lowest BCUT2D eigenvalue weighted by molar-refractivity contribution is 0.943. The summed E-state index contributed by atoms with van der Waals surface area (Å²) in [6, 6.07) is 11.6. The van der Waals surface area contributed by atoms with Crippen LogP contribution >= 0.6 is 0 Å². The number of hydrogen-bond donors (Lipinski definition) is 0. The van der Waals surface area contributed by atoms with Crippen molar-refractivity contribution in [2.24, 2.45) is 0 Å². The fraction of sp³-hybridized carbons (Fsp3) is 0.154. The van der Waals surface area contributed by atoms with Crippen molar-refractivity contribution >= 4 is 0 Å². The molecule has 2 heterocycles. The van der Waals surface area contributed by atoms with Crippen molar-refractivity contribution < 1.29 is 0 Å². The Morgan fingerprint density at radius 2 is 1.93 bits per heavy atom. The molecule has 0 saturated carbocycles. The number of fused-ring (bicyclic) bond motifs is 3. The summed E-state index contributed by atoms with van der Waals surface area (Å²) in [5.41, 5.74) is 4.67. The molecule has 0 bridgehead atoms. The molecule has 0 saturated heterocycles. The van der Waals surface area contributed by atoms with Crippen LogP contribution in [0.3, 0.4) is 0 Å². The number of para-hydroxylation sites is 1. The zero-order chi connectivity index (χ0) is 10.4. The van der Waals surface area contributed by atoms with Crippen LogP contribution in [0.25, 0.3) is 5.69 Å². The highest BCUT2D eigenvalue weighted by atomic mass is 16.1. The van der Waals surface area contributed by atoms with E-state index in [9.17, 15) is 4.79 Å². The molecule has 0 unspecified atom stereocenters. The van der Waals surface area contributed by atoms with E-state index >= 15 is 0 Å². The van der Waals surface area contributed by atoms with Gasteiger partial charge in [-0.05, 0) is 24.1 Å². The standard InChI is InChI=1S/C13H11NO/c1-9-6-7-13(15)14-11-5-3-2-4-10(11)8-12(9)14/h2-7H,8H2,1H3. The van der Waals surface area contributed by atoms with Crippen LogP contribution < -0.4 is 5.56 Å². The van der Waals surface area contributed by atoms with Crippen LogP contribution in [0.4, 0.5) is 0 Å². The summed E-state index contributed by atoms with van der Waals surface area (Å²) in [7, 11) is 0. The summed E-state index contributed by atoms with van der Waals surface area (Å²) in [5, 5.41) is 0. The van der Waals surface area contributed by atoms with E-state index in [1.165, 1.54) is 11.1 Å². The molecule has 2 heteroatoms. The summed E-state index contributed by atoms with van der Waals surface area (Å²) in [6.07, 6.45) is 0.873. The van der Waals surface area contributed by atoms with Crippen molar-refractivity contribution in [3.8, 4) is 5.69 Å². The van der Waals surface area contributed by atoms with Gasteiger partial charge in [0.25, 0.3) is 5.56 Å². The second kappa shape index (κ2) is 2.83. The third kappa shape index (κ3) is 1.08. The second-order valence-electron chi connectivity index (χ2n) is 3.94. The third-order valence-corrected chi connectivity index (χ3v) is 3.01. The molecule has 0 aliphatic carbocycles. The van der Waals surface area contributed by atoms with E-state index in [2.05, 4.69) is 13.0 Å². The topological polar surface area (TPSA) is 22.0 Å². The molecule has 0 radical (unpaired) electrons. The van der Waals surface area contributed by atoms with Crippen molar-refractivity contribution in [3.63, 3.8) is 0 Å². The minimum Gasteiger partial charge on any atom is -0.280 e. The third-order valence-electron chi connectivity index (χ3n) is 3.01. The van der Waals surface area contributed by atoms with Gasteiger partial charge in [-0.25, -0.2) is 0 Å². The summed E-state index contributed by atoms with van der Waals surface area (Å²) >= 11 is 0. The molecule has 2 nitrogen and oxygen atoms in total. The molecule has 0 amide bonds. The van der Waals surface area contributed by atoms with Gasteiger partial charge in [-0.2, -0.15) is 0 Å². The van der Waals surface area contributed by atoms with Crippen LogP contribution in [0.1, 0.15) is 16.8 Å². The van der Waals surface area contributed by atoms with Gasteiger partial charge in [-0.15, -0.1) is 0 Å². The molecule has 0 fully saturated rings. The van der Waals surface area contributed by atoms with Crippen molar-refractivity contribution in [3.05, 3.63) is 63.6 Å². The number of benzene rings is 1. The van der Waals surface area contributed by atoms with Crippen molar-refractivity contribution in [2.45, 2.75) is 13.3 Å². The first-order valence-electron chi connectivity index (χ1n) is 5.07. The molecule has 0 spiro atoms. The second-order valence-corrected chi connectivity index (χ2v) is 3.94. The van der Waals surface area contributed by atoms with E-state index < -0.39 is 0 Å². The van der Waals surface area contributed by atoms with Crippen LogP contribution in [0, 0.1) is 6.92 Å². The number of aryl methyl sites for hydroxylation is 1. The summed E-state index contributed by atoms with van der Waals surface area (Å²) < 4.78 is 1.82. The molecular weight excluding hydrogens is 186 g/mol. The van der Waals surface area contributed by atoms with Gasteiger partial charge < -0.3 is 0 Å². The van der Waals surface area contributed by atoms with Gasteiger partial charge in [0.15, 0.2) is 0 Å². The van der Waals surface area contributed by atoms with Crippen molar-refractivity contribution in [1.29, 1.82) is 0 Å². The van der Waals surface area contributed by atoms with Gasteiger partial charge in [0.1, 0.15) is 0 Å². The molecule has 0 N–H and O–H groups in total. The first-order valence-corrected chi connectivity index (χ1v) is 5.07. The number of aromatic nitrogens is 1. The largest absolute Gasteiger partial charge is 0.280 e. The molecule has 15 heavy (non-hydrogen) atoms. The Labute approximate surface area is 87.8 Å². The average Bonchev–Trinajstić information content (AvgIpc) is 2.64. The van der Waals surface area contributed by atoms with Crippen molar-refractivity contribution in [2.75, 3.05) is 0 Å². The first kappa shape index (κ1) is 8.48. The Kier molecular flexibility index (Phi) is 1.60. The predicted octanol–water partition coefficient (Wildman–Crippen LogP) is 2.05. The Morgan fingerprint density at radius 3 is 2.80 bits per heavy atom. The van der Waals surface area contributed by atoms with Gasteiger partial charge in [0, 0.05) is 18.2 Å². The van der Waals surface area contributed by atoms with Gasteiger partial charge in [-0.3, -0.25) is 9.36 Å². The molecular formula is C13H11NO. The normalized spacial score (nSPS) is 12.3. The summed E-state index contributed by atoms with van der Waals surface area (Å²) in [5.74, 6) is 0. The number of hydrogen-bond acceptors (Lipinski definition) is 1. The molecule has 1 aromatic heterocycles. The van der Waals surface area contributed by atoms with Crippen LogP contribution in [-0.4, -0.2) is 4.57 Å². The van der Waals surface area contributed by atoms with E-state index in [0.29, 0.717) is 0 Å². The van der Waals surface area contributed by atoms with E-state index in [-0.39, 0.29) is 5.56 Å². The number of nitrogens with zero attached hydrogens (tertiary/aromatic N) is 1. The van der Waals surface area contributed by atoms with Crippen LogP contribution in [0.15, 0.2) is 41.2 Å². The smallest absolute Gasteiger partial charge is 0.255 e. The lowest BCUT2D eigenvalue weighted by Crippen LogP contribution is -2.17. The quantitative estimate of drug-likeness (QED) is 0.540. The lowest BCUT2D eigenvalue weighted by atomic mass is 10.1. The van der Waals surface area contributed by atoms with E-state index in [1.807, 2.05) is 28.8 Å². The average molecular weight is 197 g/mol. The van der Waals surface area contributed by atoms with Crippen molar-refractivity contribution in [1.82, 2.24) is 4.57 Å². The van der Waals surface area contributed by atoms with E-state index in [1.54, 1.807) is 6.07 Å². The molecule has 1 aromatic carbocycles. The first-order chi connectivity index (χ1) is 7.27. The van der Waals surface area contributed by atoms with Crippen LogP contribution in [0.5, 0.6) is 0 Å². The monoisotopic (exact) mass is 197 g/mol. The van der Waals surface area contributed by atoms with Gasteiger partial charge in [0.2, 0.25) is 0 Å². The highest BCUT2D eigenvalue weighted by molar-refractivity contribution is 5.51. The zero-order valence-corrected chi connectivity index (χ0v) is 8.53. The van der Waals surface area contributed by atoms with Crippen LogP contribution in [-0.2, 0) is 6.42 Å². The van der Waals surface area contributed by atoms with Gasteiger partial charge >= 0.3 is 0 Å². The van der Waals surface area contributed by atoms with Gasteiger partial charge in [-0.1, -0.05) is 24.3 Å². The Bertz CT molecular complexity index is 596. The number of rotatable bonds is 0. The molecule has 0 atom stereocenters. The van der Waals surface area contributed by atoms with E-state index in [0.717, 1.165) is 17.8 Å². The minimum absolute atomic E-state index is 0.0700. The summed E-state index contributed by atoms with van der Waals surface area (Å²) in [4.78, 5) is 11.8. The molecule has 1 aliphatic heterocycles. The molecule has 2 aromatic rings. The number of pyridine rings is 1. The fourth-order valence-corrected chi connectivity index (χ4v) is 2.22. The maximum Gasteiger partial charge on any atom is 0.255 e. The SMILES string of the molecule is Cc1ccc(=O)n2c1Cc1ccccc1-2. The highest BCUT2D eigenvalue weighted by Crippen LogP contribution is 2.26. The lowest BCUT2D eigenvalue weighted by Gasteiger charge is -2.05.